The molecule has 0 saturated heterocycles. The third kappa shape index (κ3) is 4.22. The second kappa shape index (κ2) is 6.88. The van der Waals surface area contributed by atoms with Crippen LogP contribution in [0.25, 0.3) is 0 Å². The van der Waals surface area contributed by atoms with Crippen molar-refractivity contribution in [2.75, 3.05) is 7.05 Å². The van der Waals surface area contributed by atoms with Crippen molar-refractivity contribution in [2.45, 2.75) is 77.6 Å². The lowest BCUT2D eigenvalue weighted by atomic mass is 9.77. The van der Waals surface area contributed by atoms with Gasteiger partial charge in [-0.25, -0.2) is 0 Å². The summed E-state index contributed by atoms with van der Waals surface area (Å²) < 4.78 is 0. The highest BCUT2D eigenvalue weighted by Crippen LogP contribution is 2.31. The number of hydrogen-bond acceptors (Lipinski definition) is 3. The van der Waals surface area contributed by atoms with Gasteiger partial charge in [-0.15, -0.1) is 0 Å². The molecule has 1 aliphatic rings. The maximum Gasteiger partial charge on any atom is 0.0566 e. The fourth-order valence-corrected chi connectivity index (χ4v) is 2.91. The van der Waals surface area contributed by atoms with Gasteiger partial charge < -0.3 is 15.7 Å². The summed E-state index contributed by atoms with van der Waals surface area (Å²) in [6.45, 7) is 8.65. The first-order valence-electron chi connectivity index (χ1n) is 7.48. The van der Waals surface area contributed by atoms with Crippen LogP contribution < -0.4 is 5.73 Å². The number of aliphatic hydroxyl groups is 1. The Morgan fingerprint density at radius 3 is 2.33 bits per heavy atom. The molecule has 0 aromatic heterocycles. The van der Waals surface area contributed by atoms with E-state index in [2.05, 4.69) is 39.6 Å². The van der Waals surface area contributed by atoms with Crippen molar-refractivity contribution in [1.29, 1.82) is 0 Å². The van der Waals surface area contributed by atoms with Gasteiger partial charge in [0.25, 0.3) is 0 Å². The maximum absolute atomic E-state index is 10.1. The van der Waals surface area contributed by atoms with E-state index in [9.17, 15) is 5.11 Å². The molecule has 108 valence electrons. The first-order valence-corrected chi connectivity index (χ1v) is 7.48. The molecule has 18 heavy (non-hydrogen) atoms. The first-order chi connectivity index (χ1) is 8.32. The van der Waals surface area contributed by atoms with E-state index < -0.39 is 0 Å². The molecular formula is C15H32N2O. The third-order valence-electron chi connectivity index (χ3n) is 4.72. The SMILES string of the molecule is CC(C)C(O)CC1CC(N(C)C(C)C)CCC1N. The molecular weight excluding hydrogens is 224 g/mol. The number of nitrogens with zero attached hydrogens (tertiary/aromatic N) is 1. The van der Waals surface area contributed by atoms with Crippen LogP contribution in [0.15, 0.2) is 0 Å². The van der Waals surface area contributed by atoms with Gasteiger partial charge in [0.15, 0.2) is 0 Å². The molecule has 4 atom stereocenters. The van der Waals surface area contributed by atoms with Gasteiger partial charge in [-0.2, -0.15) is 0 Å². The molecule has 0 aliphatic heterocycles. The lowest BCUT2D eigenvalue weighted by molar-refractivity contribution is 0.0583. The largest absolute Gasteiger partial charge is 0.393 e. The molecule has 0 spiro atoms. The van der Waals surface area contributed by atoms with E-state index in [1.165, 1.54) is 6.42 Å². The van der Waals surface area contributed by atoms with Crippen molar-refractivity contribution >= 4 is 0 Å². The summed E-state index contributed by atoms with van der Waals surface area (Å²) in [6, 6.07) is 1.49. The zero-order chi connectivity index (χ0) is 13.9. The van der Waals surface area contributed by atoms with Crippen LogP contribution in [-0.4, -0.2) is 41.3 Å². The van der Waals surface area contributed by atoms with Gasteiger partial charge in [-0.3, -0.25) is 0 Å². The Balaban J connectivity index is 2.56. The fraction of sp³-hybridized carbons (Fsp3) is 1.00. The highest BCUT2D eigenvalue weighted by Gasteiger charge is 2.32. The highest BCUT2D eigenvalue weighted by molar-refractivity contribution is 4.88. The molecule has 0 radical (unpaired) electrons. The Morgan fingerprint density at radius 2 is 1.83 bits per heavy atom. The van der Waals surface area contributed by atoms with Crippen molar-refractivity contribution in [3.8, 4) is 0 Å². The van der Waals surface area contributed by atoms with Crippen LogP contribution in [0.1, 0.15) is 53.4 Å². The molecule has 0 aromatic carbocycles. The van der Waals surface area contributed by atoms with Crippen LogP contribution in [-0.2, 0) is 0 Å². The van der Waals surface area contributed by atoms with E-state index in [1.54, 1.807) is 0 Å². The third-order valence-corrected chi connectivity index (χ3v) is 4.72. The molecule has 1 saturated carbocycles. The summed E-state index contributed by atoms with van der Waals surface area (Å²) in [5.74, 6) is 0.808. The standard InChI is InChI=1S/C15H32N2O/c1-10(2)15(18)9-12-8-13(6-7-14(12)16)17(5)11(3)4/h10-15,18H,6-9,16H2,1-5H3. The first kappa shape index (κ1) is 15.9. The van der Waals surface area contributed by atoms with Gasteiger partial charge in [0, 0.05) is 18.1 Å². The topological polar surface area (TPSA) is 49.5 Å². The Bertz CT molecular complexity index is 243. The van der Waals surface area contributed by atoms with Gasteiger partial charge in [0.1, 0.15) is 0 Å². The molecule has 3 N–H and O–H groups in total. The summed E-state index contributed by atoms with van der Waals surface area (Å²) >= 11 is 0. The van der Waals surface area contributed by atoms with Crippen molar-refractivity contribution in [3.63, 3.8) is 0 Å². The maximum atomic E-state index is 10.1. The van der Waals surface area contributed by atoms with Gasteiger partial charge in [-0.1, -0.05) is 13.8 Å². The van der Waals surface area contributed by atoms with Crippen molar-refractivity contribution in [3.05, 3.63) is 0 Å². The summed E-state index contributed by atoms with van der Waals surface area (Å²) in [5, 5.41) is 10.1. The van der Waals surface area contributed by atoms with E-state index in [1.807, 2.05) is 0 Å². The highest BCUT2D eigenvalue weighted by atomic mass is 16.3. The second-order valence-corrected chi connectivity index (χ2v) is 6.70. The van der Waals surface area contributed by atoms with Crippen LogP contribution >= 0.6 is 0 Å². The Hall–Kier alpha value is -0.120. The Morgan fingerprint density at radius 1 is 1.22 bits per heavy atom. The summed E-state index contributed by atoms with van der Waals surface area (Å²) in [7, 11) is 2.21. The molecule has 3 nitrogen and oxygen atoms in total. The number of rotatable bonds is 5. The van der Waals surface area contributed by atoms with Gasteiger partial charge in [-0.05, 0) is 58.4 Å². The Kier molecular flexibility index (Phi) is 6.09. The summed E-state index contributed by atoms with van der Waals surface area (Å²) in [6.07, 6.45) is 4.09. The zero-order valence-corrected chi connectivity index (χ0v) is 12.8. The predicted molar refractivity (Wildman–Crippen MR) is 77.5 cm³/mol. The predicted octanol–water partition coefficient (Wildman–Crippen LogP) is 2.23. The van der Waals surface area contributed by atoms with E-state index in [-0.39, 0.29) is 12.1 Å². The van der Waals surface area contributed by atoms with Crippen LogP contribution in [0, 0.1) is 11.8 Å². The summed E-state index contributed by atoms with van der Waals surface area (Å²) in [5.41, 5.74) is 6.24. The molecule has 3 heteroatoms. The van der Waals surface area contributed by atoms with Crippen LogP contribution in [0.5, 0.6) is 0 Å². The van der Waals surface area contributed by atoms with Gasteiger partial charge in [0.2, 0.25) is 0 Å². The lowest BCUT2D eigenvalue weighted by Gasteiger charge is -2.41. The normalized spacial score (nSPS) is 31.3. The minimum atomic E-state index is -0.204. The average molecular weight is 256 g/mol. The molecule has 0 aromatic rings. The van der Waals surface area contributed by atoms with Crippen LogP contribution in [0.2, 0.25) is 0 Å². The van der Waals surface area contributed by atoms with Crippen molar-refractivity contribution in [1.82, 2.24) is 4.90 Å². The quantitative estimate of drug-likeness (QED) is 0.793. The molecule has 1 rings (SSSR count). The fourth-order valence-electron chi connectivity index (χ4n) is 2.91. The minimum absolute atomic E-state index is 0.204. The molecule has 0 heterocycles. The van der Waals surface area contributed by atoms with Crippen LogP contribution in [0.4, 0.5) is 0 Å². The monoisotopic (exact) mass is 256 g/mol. The van der Waals surface area contributed by atoms with Crippen molar-refractivity contribution < 1.29 is 5.11 Å². The van der Waals surface area contributed by atoms with E-state index >= 15 is 0 Å². The molecule has 1 fully saturated rings. The van der Waals surface area contributed by atoms with E-state index in [0.29, 0.717) is 23.9 Å². The number of hydrogen-bond donors (Lipinski definition) is 2. The lowest BCUT2D eigenvalue weighted by Crippen LogP contribution is -2.47. The van der Waals surface area contributed by atoms with Crippen LogP contribution in [0.3, 0.4) is 0 Å². The molecule has 0 bridgehead atoms. The summed E-state index contributed by atoms with van der Waals surface area (Å²) in [4.78, 5) is 2.46. The van der Waals surface area contributed by atoms with E-state index in [0.717, 1.165) is 19.3 Å². The zero-order valence-electron chi connectivity index (χ0n) is 12.8. The Labute approximate surface area is 113 Å². The van der Waals surface area contributed by atoms with E-state index in [4.69, 9.17) is 5.73 Å². The molecule has 1 aliphatic carbocycles. The van der Waals surface area contributed by atoms with Crippen molar-refractivity contribution in [2.24, 2.45) is 17.6 Å². The number of nitrogens with two attached hydrogens (primary N) is 1. The number of aliphatic hydroxyl groups excluding tert-OH is 1. The minimum Gasteiger partial charge on any atom is -0.393 e. The second-order valence-electron chi connectivity index (χ2n) is 6.70. The van der Waals surface area contributed by atoms with Gasteiger partial charge >= 0.3 is 0 Å². The smallest absolute Gasteiger partial charge is 0.0566 e. The molecule has 0 amide bonds. The molecule has 4 unspecified atom stereocenters. The average Bonchev–Trinajstić information content (AvgIpc) is 2.30. The van der Waals surface area contributed by atoms with Gasteiger partial charge in [0.05, 0.1) is 6.10 Å².